The second-order valence-electron chi connectivity index (χ2n) is 7.94. The summed E-state index contributed by atoms with van der Waals surface area (Å²) in [5.41, 5.74) is -1.21. The number of hydrogen-bond acceptors (Lipinski definition) is 4. The molecule has 186 valence electrons. The van der Waals surface area contributed by atoms with Crippen molar-refractivity contribution in [2.45, 2.75) is 22.6 Å². The van der Waals surface area contributed by atoms with Gasteiger partial charge in [0.1, 0.15) is 17.6 Å². The average Bonchev–Trinajstić information content (AvgIpc) is 3.36. The predicted molar refractivity (Wildman–Crippen MR) is 133 cm³/mol. The van der Waals surface area contributed by atoms with E-state index in [1.54, 1.807) is 48.7 Å². The molecule has 4 rings (SSSR count). The lowest BCUT2D eigenvalue weighted by Gasteiger charge is -2.35. The van der Waals surface area contributed by atoms with Crippen molar-refractivity contribution >= 4 is 34.4 Å². The van der Waals surface area contributed by atoms with Crippen LogP contribution in [-0.4, -0.2) is 16.2 Å². The molecule has 0 unspecified atom stereocenters. The van der Waals surface area contributed by atoms with E-state index in [4.69, 9.17) is 4.52 Å². The molecular formula is C25H19F4IN4O2. The summed E-state index contributed by atoms with van der Waals surface area (Å²) in [6.07, 6.45) is -2.00. The molecule has 0 spiro atoms. The van der Waals surface area contributed by atoms with Gasteiger partial charge in [-0.1, -0.05) is 64.1 Å². The van der Waals surface area contributed by atoms with Gasteiger partial charge in [-0.3, -0.25) is 10.3 Å². The number of nitrogens with zero attached hydrogens (tertiary/aromatic N) is 2. The lowest BCUT2D eigenvalue weighted by atomic mass is 9.79. The van der Waals surface area contributed by atoms with Gasteiger partial charge in [0.15, 0.2) is 5.82 Å². The first-order valence-electron chi connectivity index (χ1n) is 10.6. The van der Waals surface area contributed by atoms with Crippen LogP contribution in [0, 0.1) is 5.82 Å². The molecule has 4 aromatic rings. The van der Waals surface area contributed by atoms with Gasteiger partial charge in [0.05, 0.1) is 11.3 Å². The summed E-state index contributed by atoms with van der Waals surface area (Å²) in [6, 6.07) is 15.0. The number of benzene rings is 2. The molecule has 0 radical (unpaired) electrons. The highest BCUT2D eigenvalue weighted by Crippen LogP contribution is 2.37. The lowest BCUT2D eigenvalue weighted by molar-refractivity contribution is -0.137. The lowest BCUT2D eigenvalue weighted by Crippen LogP contribution is -2.51. The molecular weight excluding hydrogens is 591 g/mol. The van der Waals surface area contributed by atoms with Crippen molar-refractivity contribution in [1.82, 2.24) is 15.5 Å². The van der Waals surface area contributed by atoms with E-state index in [2.05, 4.69) is 43.4 Å². The fourth-order valence-corrected chi connectivity index (χ4v) is 4.25. The van der Waals surface area contributed by atoms with E-state index in [-0.39, 0.29) is 23.5 Å². The Morgan fingerprint density at radius 2 is 1.72 bits per heavy atom. The van der Waals surface area contributed by atoms with Crippen LogP contribution >= 0.6 is 22.6 Å². The van der Waals surface area contributed by atoms with Crippen molar-refractivity contribution in [1.29, 1.82) is 0 Å². The first kappa shape index (κ1) is 25.6. The van der Waals surface area contributed by atoms with Gasteiger partial charge in [-0.15, -0.1) is 0 Å². The Kier molecular flexibility index (Phi) is 7.57. The molecule has 0 aliphatic heterocycles. The summed E-state index contributed by atoms with van der Waals surface area (Å²) < 4.78 is 61.0. The molecule has 0 bridgehead atoms. The molecule has 2 amide bonds. The maximum Gasteiger partial charge on any atom is 0.416 e. The van der Waals surface area contributed by atoms with Crippen LogP contribution < -0.4 is 10.6 Å². The number of aromatic nitrogens is 2. The highest BCUT2D eigenvalue weighted by atomic mass is 127. The third kappa shape index (κ3) is 5.83. The van der Waals surface area contributed by atoms with E-state index in [0.29, 0.717) is 16.1 Å². The average molecular weight is 610 g/mol. The van der Waals surface area contributed by atoms with Crippen molar-refractivity contribution in [2.75, 3.05) is 5.32 Å². The van der Waals surface area contributed by atoms with Gasteiger partial charge in [-0.25, -0.2) is 9.18 Å². The van der Waals surface area contributed by atoms with Gasteiger partial charge in [0.25, 0.3) is 0 Å². The molecule has 0 aliphatic carbocycles. The van der Waals surface area contributed by atoms with Crippen LogP contribution in [0.3, 0.4) is 0 Å². The third-order valence-corrected chi connectivity index (χ3v) is 6.33. The zero-order valence-electron chi connectivity index (χ0n) is 18.5. The smallest absolute Gasteiger partial charge is 0.363 e. The number of carbonyl (C=O) groups is 1. The second kappa shape index (κ2) is 10.6. The maximum atomic E-state index is 14.6. The van der Waals surface area contributed by atoms with Crippen molar-refractivity contribution in [3.05, 3.63) is 113 Å². The standard InChI is InChI=1S/C25H19F4IN4O2/c26-20-11-18(10-19(12-20)25(27,28)29)24(13-16-4-2-1-3-5-16,21-7-6-17(14-30)15-31-21)33-23(35)32-22-8-9-36-34-22/h1-12,15H,13-14H2,(H2,32,33,34,35)/t24-/m1/s1. The molecule has 2 heterocycles. The Hall–Kier alpha value is -3.48. The molecule has 2 aromatic carbocycles. The number of alkyl halides is 4. The van der Waals surface area contributed by atoms with Crippen LogP contribution in [0.5, 0.6) is 0 Å². The number of urea groups is 1. The molecule has 6 nitrogen and oxygen atoms in total. The quantitative estimate of drug-likeness (QED) is 0.143. The van der Waals surface area contributed by atoms with Crippen LogP contribution in [0.4, 0.5) is 28.2 Å². The number of carbonyl (C=O) groups excluding carboxylic acids is 1. The molecule has 0 fully saturated rings. The summed E-state index contributed by atoms with van der Waals surface area (Å²) in [4.78, 5) is 17.6. The summed E-state index contributed by atoms with van der Waals surface area (Å²) in [5.74, 6) is -1.01. The van der Waals surface area contributed by atoms with Crippen LogP contribution in [-0.2, 0) is 22.6 Å². The van der Waals surface area contributed by atoms with Crippen molar-refractivity contribution < 1.29 is 26.9 Å². The molecule has 0 saturated heterocycles. The minimum absolute atomic E-state index is 0.0165. The summed E-state index contributed by atoms with van der Waals surface area (Å²) in [6.45, 7) is 0. The first-order valence-corrected chi connectivity index (χ1v) is 12.2. The summed E-state index contributed by atoms with van der Waals surface area (Å²) in [7, 11) is 0. The zero-order chi connectivity index (χ0) is 25.8. The molecule has 0 saturated carbocycles. The number of hydrogen-bond donors (Lipinski definition) is 2. The van der Waals surface area contributed by atoms with Crippen molar-refractivity contribution in [2.24, 2.45) is 0 Å². The summed E-state index contributed by atoms with van der Waals surface area (Å²) in [5, 5.41) is 8.87. The molecule has 2 N–H and O–H groups in total. The number of amides is 2. The van der Waals surface area contributed by atoms with Crippen LogP contribution in [0.25, 0.3) is 0 Å². The van der Waals surface area contributed by atoms with Crippen LogP contribution in [0.1, 0.15) is 27.9 Å². The monoisotopic (exact) mass is 610 g/mol. The largest absolute Gasteiger partial charge is 0.416 e. The van der Waals surface area contributed by atoms with Gasteiger partial charge in [0.2, 0.25) is 0 Å². The van der Waals surface area contributed by atoms with Crippen LogP contribution in [0.2, 0.25) is 0 Å². The predicted octanol–water partition coefficient (Wildman–Crippen LogP) is 6.47. The minimum Gasteiger partial charge on any atom is -0.363 e. The maximum absolute atomic E-state index is 14.6. The Labute approximate surface area is 217 Å². The Balaban J connectivity index is 1.92. The van der Waals surface area contributed by atoms with Gasteiger partial charge >= 0.3 is 12.2 Å². The number of halogens is 5. The highest BCUT2D eigenvalue weighted by molar-refractivity contribution is 14.1. The summed E-state index contributed by atoms with van der Waals surface area (Å²) >= 11 is 2.16. The highest BCUT2D eigenvalue weighted by Gasteiger charge is 2.41. The van der Waals surface area contributed by atoms with E-state index in [1.807, 2.05) is 0 Å². The second-order valence-corrected chi connectivity index (χ2v) is 8.71. The van der Waals surface area contributed by atoms with Crippen molar-refractivity contribution in [3.8, 4) is 0 Å². The van der Waals surface area contributed by atoms with E-state index in [1.165, 1.54) is 12.3 Å². The SMILES string of the molecule is O=C(Nc1ccon1)N[C@](Cc1ccccc1)(c1cc(F)cc(C(F)(F)F)c1)c1ccc(CI)cn1. The van der Waals surface area contributed by atoms with E-state index < -0.39 is 29.1 Å². The fraction of sp³-hybridized carbons (Fsp3) is 0.160. The Morgan fingerprint density at radius 3 is 2.33 bits per heavy atom. The van der Waals surface area contributed by atoms with Gasteiger partial charge in [0, 0.05) is 23.1 Å². The van der Waals surface area contributed by atoms with E-state index >= 15 is 0 Å². The van der Waals surface area contributed by atoms with E-state index in [0.717, 1.165) is 17.7 Å². The molecule has 36 heavy (non-hydrogen) atoms. The molecule has 1 atom stereocenters. The zero-order valence-corrected chi connectivity index (χ0v) is 20.7. The number of pyridine rings is 1. The topological polar surface area (TPSA) is 80.0 Å². The fourth-order valence-electron chi connectivity index (χ4n) is 3.80. The number of nitrogens with one attached hydrogen (secondary N) is 2. The van der Waals surface area contributed by atoms with Crippen LogP contribution in [0.15, 0.2) is 83.7 Å². The Bertz CT molecular complexity index is 1320. The number of rotatable bonds is 7. The first-order chi connectivity index (χ1) is 17.2. The van der Waals surface area contributed by atoms with Gasteiger partial charge < -0.3 is 9.84 Å². The normalized spacial score (nSPS) is 13.1. The molecule has 0 aliphatic rings. The van der Waals surface area contributed by atoms with Gasteiger partial charge in [-0.05, 0) is 41.0 Å². The Morgan fingerprint density at radius 1 is 0.972 bits per heavy atom. The van der Waals surface area contributed by atoms with Crippen molar-refractivity contribution in [3.63, 3.8) is 0 Å². The number of anilines is 1. The molecule has 11 heteroatoms. The van der Waals surface area contributed by atoms with Gasteiger partial charge in [-0.2, -0.15) is 13.2 Å². The molecule has 2 aromatic heterocycles. The minimum atomic E-state index is -4.81. The van der Waals surface area contributed by atoms with E-state index in [9.17, 15) is 22.4 Å². The third-order valence-electron chi connectivity index (χ3n) is 5.45.